The van der Waals surface area contributed by atoms with E-state index in [0.29, 0.717) is 22.2 Å². The molecule has 5 heteroatoms. The van der Waals surface area contributed by atoms with Gasteiger partial charge >= 0.3 is 5.97 Å². The molecule has 1 atom stereocenters. The third-order valence-electron chi connectivity index (χ3n) is 6.97. The number of para-hydroxylation sites is 1. The SMILES string of the molecule is CC[C@H]1CCCCN1C(=O)COC(=O)c1cc(-c2ccc(-c3ccccc3)cc2)nc2ccccc12. The van der Waals surface area contributed by atoms with Gasteiger partial charge in [0.05, 0.1) is 16.8 Å². The van der Waals surface area contributed by atoms with Crippen LogP contribution in [0.3, 0.4) is 0 Å². The maximum absolute atomic E-state index is 13.2. The van der Waals surface area contributed by atoms with Gasteiger partial charge in [0.15, 0.2) is 6.61 Å². The van der Waals surface area contributed by atoms with E-state index in [9.17, 15) is 9.59 Å². The van der Waals surface area contributed by atoms with Gasteiger partial charge in [-0.05, 0) is 48.9 Å². The molecule has 0 saturated carbocycles. The largest absolute Gasteiger partial charge is 0.452 e. The molecule has 1 saturated heterocycles. The van der Waals surface area contributed by atoms with Crippen molar-refractivity contribution in [2.45, 2.75) is 38.6 Å². The number of piperidine rings is 1. The fourth-order valence-electron chi connectivity index (χ4n) is 5.00. The zero-order chi connectivity index (χ0) is 24.9. The average Bonchev–Trinajstić information content (AvgIpc) is 2.95. The summed E-state index contributed by atoms with van der Waals surface area (Å²) >= 11 is 0. The van der Waals surface area contributed by atoms with Crippen LogP contribution in [0.1, 0.15) is 43.0 Å². The van der Waals surface area contributed by atoms with E-state index in [2.05, 4.69) is 31.2 Å². The molecule has 36 heavy (non-hydrogen) atoms. The number of ether oxygens (including phenoxy) is 1. The zero-order valence-corrected chi connectivity index (χ0v) is 20.5. The van der Waals surface area contributed by atoms with E-state index >= 15 is 0 Å². The van der Waals surface area contributed by atoms with E-state index < -0.39 is 5.97 Å². The summed E-state index contributed by atoms with van der Waals surface area (Å²) in [6.07, 6.45) is 4.07. The van der Waals surface area contributed by atoms with Gasteiger partial charge in [0.1, 0.15) is 0 Å². The van der Waals surface area contributed by atoms with Crippen molar-refractivity contribution in [2.75, 3.05) is 13.2 Å². The Morgan fingerprint density at radius 1 is 0.889 bits per heavy atom. The summed E-state index contributed by atoms with van der Waals surface area (Å²) in [5.41, 5.74) is 4.98. The smallest absolute Gasteiger partial charge is 0.339 e. The Balaban J connectivity index is 1.39. The van der Waals surface area contributed by atoms with E-state index in [1.165, 1.54) is 0 Å². The number of rotatable bonds is 6. The Hall–Kier alpha value is -3.99. The molecule has 1 amide bonds. The minimum Gasteiger partial charge on any atom is -0.452 e. The number of likely N-dealkylation sites (tertiary alicyclic amines) is 1. The number of nitrogens with zero attached hydrogens (tertiary/aromatic N) is 2. The zero-order valence-electron chi connectivity index (χ0n) is 20.5. The molecule has 0 radical (unpaired) electrons. The van der Waals surface area contributed by atoms with Crippen molar-refractivity contribution in [1.82, 2.24) is 9.88 Å². The van der Waals surface area contributed by atoms with E-state index in [0.717, 1.165) is 48.9 Å². The van der Waals surface area contributed by atoms with Gasteiger partial charge in [0.2, 0.25) is 0 Å². The van der Waals surface area contributed by atoms with Crippen LogP contribution >= 0.6 is 0 Å². The summed E-state index contributed by atoms with van der Waals surface area (Å²) in [5.74, 6) is -0.626. The molecule has 1 aliphatic rings. The average molecular weight is 479 g/mol. The molecule has 5 nitrogen and oxygen atoms in total. The quantitative estimate of drug-likeness (QED) is 0.296. The minimum atomic E-state index is -0.505. The van der Waals surface area contributed by atoms with Crippen LogP contribution in [-0.4, -0.2) is 41.0 Å². The van der Waals surface area contributed by atoms with Crippen molar-refractivity contribution in [3.63, 3.8) is 0 Å². The van der Waals surface area contributed by atoms with Crippen LogP contribution in [0.2, 0.25) is 0 Å². The lowest BCUT2D eigenvalue weighted by atomic mass is 10.00. The Labute approximate surface area is 211 Å². The first kappa shape index (κ1) is 23.7. The van der Waals surface area contributed by atoms with Crippen LogP contribution in [0.25, 0.3) is 33.3 Å². The summed E-state index contributed by atoms with van der Waals surface area (Å²) in [6.45, 7) is 2.59. The van der Waals surface area contributed by atoms with Crippen LogP contribution in [0.4, 0.5) is 0 Å². The van der Waals surface area contributed by atoms with Crippen LogP contribution in [0.5, 0.6) is 0 Å². The fraction of sp³-hybridized carbons (Fsp3) is 0.258. The lowest BCUT2D eigenvalue weighted by molar-refractivity contribution is -0.138. The first-order valence-corrected chi connectivity index (χ1v) is 12.7. The van der Waals surface area contributed by atoms with Gasteiger partial charge in [0, 0.05) is 23.5 Å². The van der Waals surface area contributed by atoms with Crippen LogP contribution in [-0.2, 0) is 9.53 Å². The maximum atomic E-state index is 13.2. The molecule has 1 aliphatic heterocycles. The highest BCUT2D eigenvalue weighted by molar-refractivity contribution is 6.05. The van der Waals surface area contributed by atoms with Gasteiger partial charge in [-0.25, -0.2) is 9.78 Å². The molecule has 3 aromatic carbocycles. The van der Waals surface area contributed by atoms with Crippen LogP contribution in [0, 0.1) is 0 Å². The molecule has 5 rings (SSSR count). The van der Waals surface area contributed by atoms with Crippen molar-refractivity contribution in [3.05, 3.63) is 90.5 Å². The van der Waals surface area contributed by atoms with Crippen LogP contribution in [0.15, 0.2) is 84.9 Å². The number of carbonyl (C=O) groups is 2. The van der Waals surface area contributed by atoms with Crippen molar-refractivity contribution in [1.29, 1.82) is 0 Å². The minimum absolute atomic E-state index is 0.120. The molecular formula is C31H30N2O3. The fourth-order valence-corrected chi connectivity index (χ4v) is 5.00. The van der Waals surface area contributed by atoms with Crippen molar-refractivity contribution in [2.24, 2.45) is 0 Å². The number of esters is 1. The highest BCUT2D eigenvalue weighted by atomic mass is 16.5. The molecule has 0 spiro atoms. The topological polar surface area (TPSA) is 59.5 Å². The van der Waals surface area contributed by atoms with Gasteiger partial charge in [-0.3, -0.25) is 4.79 Å². The number of amides is 1. The molecule has 1 aromatic heterocycles. The van der Waals surface area contributed by atoms with E-state index in [1.54, 1.807) is 6.07 Å². The summed E-state index contributed by atoms with van der Waals surface area (Å²) < 4.78 is 5.55. The normalized spacial score (nSPS) is 15.6. The first-order valence-electron chi connectivity index (χ1n) is 12.7. The third-order valence-corrected chi connectivity index (χ3v) is 6.97. The number of hydrogen-bond donors (Lipinski definition) is 0. The van der Waals surface area contributed by atoms with Gasteiger partial charge in [0.25, 0.3) is 5.91 Å². The second-order valence-corrected chi connectivity index (χ2v) is 9.24. The molecule has 0 bridgehead atoms. The monoisotopic (exact) mass is 478 g/mol. The van der Waals surface area contributed by atoms with Gasteiger partial charge in [-0.15, -0.1) is 0 Å². The molecule has 2 heterocycles. The molecule has 0 unspecified atom stereocenters. The third kappa shape index (κ3) is 5.01. The molecule has 182 valence electrons. The Kier molecular flexibility index (Phi) is 7.08. The predicted octanol–water partition coefficient (Wildman–Crippen LogP) is 6.52. The highest BCUT2D eigenvalue weighted by Gasteiger charge is 2.26. The van der Waals surface area contributed by atoms with Gasteiger partial charge < -0.3 is 9.64 Å². The van der Waals surface area contributed by atoms with Crippen molar-refractivity contribution >= 4 is 22.8 Å². The molecule has 0 aliphatic carbocycles. The van der Waals surface area contributed by atoms with Crippen LogP contribution < -0.4 is 0 Å². The predicted molar refractivity (Wildman–Crippen MR) is 143 cm³/mol. The summed E-state index contributed by atoms with van der Waals surface area (Å²) in [7, 11) is 0. The van der Waals surface area contributed by atoms with E-state index in [-0.39, 0.29) is 18.6 Å². The molecule has 0 N–H and O–H groups in total. The first-order chi connectivity index (χ1) is 17.6. The number of pyridine rings is 1. The summed E-state index contributed by atoms with van der Waals surface area (Å²) in [5, 5.41) is 0.712. The lowest BCUT2D eigenvalue weighted by Gasteiger charge is -2.35. The van der Waals surface area contributed by atoms with Gasteiger partial charge in [-0.2, -0.15) is 0 Å². The Morgan fingerprint density at radius 2 is 1.58 bits per heavy atom. The van der Waals surface area contributed by atoms with Crippen molar-refractivity contribution in [3.8, 4) is 22.4 Å². The number of fused-ring (bicyclic) bond motifs is 1. The number of carbonyl (C=O) groups excluding carboxylic acids is 2. The van der Waals surface area contributed by atoms with E-state index in [1.807, 2.05) is 59.5 Å². The summed E-state index contributed by atoms with van der Waals surface area (Å²) in [6, 6.07) is 27.8. The molecule has 1 fully saturated rings. The standard InChI is InChI=1S/C31H30N2O3/c1-2-25-12-8-9-19-33(25)30(34)21-36-31(35)27-20-29(32-28-14-7-6-13-26(27)28)24-17-15-23(16-18-24)22-10-4-3-5-11-22/h3-7,10-11,13-18,20,25H,2,8-9,12,19,21H2,1H3/t25-/m0/s1. The second-order valence-electron chi connectivity index (χ2n) is 9.24. The Bertz CT molecular complexity index is 1370. The number of aromatic nitrogens is 1. The Morgan fingerprint density at radius 3 is 2.36 bits per heavy atom. The number of hydrogen-bond acceptors (Lipinski definition) is 4. The second kappa shape index (κ2) is 10.7. The summed E-state index contributed by atoms with van der Waals surface area (Å²) in [4.78, 5) is 32.7. The van der Waals surface area contributed by atoms with Crippen molar-refractivity contribution < 1.29 is 14.3 Å². The maximum Gasteiger partial charge on any atom is 0.339 e. The molecule has 4 aromatic rings. The van der Waals surface area contributed by atoms with Gasteiger partial charge in [-0.1, -0.05) is 79.7 Å². The highest BCUT2D eigenvalue weighted by Crippen LogP contribution is 2.28. The van der Waals surface area contributed by atoms with E-state index in [4.69, 9.17) is 9.72 Å². The molecular weight excluding hydrogens is 448 g/mol. The lowest BCUT2D eigenvalue weighted by Crippen LogP contribution is -2.45. The number of benzene rings is 3.